The Morgan fingerprint density at radius 2 is 1.84 bits per heavy atom. The van der Waals surface area contributed by atoms with Gasteiger partial charge in [0.25, 0.3) is 5.91 Å². The normalized spacial score (nSPS) is 11.4. The zero-order valence-electron chi connectivity index (χ0n) is 14.3. The Balaban J connectivity index is 2.39. The van der Waals surface area contributed by atoms with Crippen molar-refractivity contribution in [2.75, 3.05) is 38.4 Å². The number of halogens is 1. The summed E-state index contributed by atoms with van der Waals surface area (Å²) in [6.45, 7) is 0. The number of hydrogen-bond donors (Lipinski definition) is 1. The lowest BCUT2D eigenvalue weighted by atomic mass is 10.2. The summed E-state index contributed by atoms with van der Waals surface area (Å²) >= 11 is 3.23. The fourth-order valence-corrected chi connectivity index (χ4v) is 3.93. The van der Waals surface area contributed by atoms with Crippen LogP contribution in [0.25, 0.3) is 0 Å². The molecule has 0 unspecified atom stereocenters. The molecule has 2 aromatic rings. The summed E-state index contributed by atoms with van der Waals surface area (Å²) in [4.78, 5) is 18.6. The predicted octanol–water partition coefficient (Wildman–Crippen LogP) is 2.41. The number of benzene rings is 1. The number of amides is 1. The number of nitrogens with one attached hydrogen (secondary N) is 1. The molecule has 0 saturated heterocycles. The molecule has 0 fully saturated rings. The maximum Gasteiger partial charge on any atom is 0.255 e. The molecule has 1 heterocycles. The zero-order chi connectivity index (χ0) is 18.8. The molecular formula is C16H19BrN4O3S. The van der Waals surface area contributed by atoms with E-state index >= 15 is 0 Å². The fraction of sp³-hybridized carbons (Fsp3) is 0.250. The predicted molar refractivity (Wildman–Crippen MR) is 102 cm³/mol. The summed E-state index contributed by atoms with van der Waals surface area (Å²) in [5.41, 5.74) is 0.773. The van der Waals surface area contributed by atoms with Crippen LogP contribution in [-0.4, -0.2) is 51.8 Å². The van der Waals surface area contributed by atoms with E-state index in [0.29, 0.717) is 16.0 Å². The lowest BCUT2D eigenvalue weighted by molar-refractivity contribution is 0.102. The van der Waals surface area contributed by atoms with Gasteiger partial charge in [-0.1, -0.05) is 0 Å². The van der Waals surface area contributed by atoms with E-state index in [2.05, 4.69) is 26.2 Å². The van der Waals surface area contributed by atoms with Crippen LogP contribution < -0.4 is 10.2 Å². The Hall–Kier alpha value is -1.97. The largest absolute Gasteiger partial charge is 0.361 e. The third-order valence-electron chi connectivity index (χ3n) is 3.41. The molecule has 25 heavy (non-hydrogen) atoms. The number of anilines is 2. The van der Waals surface area contributed by atoms with E-state index in [4.69, 9.17) is 0 Å². The second-order valence-electron chi connectivity index (χ2n) is 5.66. The number of carbonyl (C=O) groups excluding carboxylic acids is 1. The molecule has 2 rings (SSSR count). The molecule has 0 aliphatic rings. The minimum Gasteiger partial charge on any atom is -0.361 e. The highest BCUT2D eigenvalue weighted by atomic mass is 79.9. The number of pyridine rings is 1. The second-order valence-corrected chi connectivity index (χ2v) is 8.63. The number of carbonyl (C=O) groups is 1. The molecule has 1 amide bonds. The van der Waals surface area contributed by atoms with Gasteiger partial charge in [0.1, 0.15) is 0 Å². The molecule has 0 saturated carbocycles. The summed E-state index contributed by atoms with van der Waals surface area (Å²) in [7, 11) is 2.84. The topological polar surface area (TPSA) is 82.6 Å². The van der Waals surface area contributed by atoms with Gasteiger partial charge in [0.2, 0.25) is 10.0 Å². The molecule has 1 aromatic heterocycles. The van der Waals surface area contributed by atoms with Crippen molar-refractivity contribution in [3.05, 3.63) is 46.6 Å². The van der Waals surface area contributed by atoms with Crippen LogP contribution in [-0.2, 0) is 10.0 Å². The quantitative estimate of drug-likeness (QED) is 0.793. The van der Waals surface area contributed by atoms with Gasteiger partial charge in [-0.15, -0.1) is 0 Å². The van der Waals surface area contributed by atoms with Gasteiger partial charge >= 0.3 is 0 Å². The van der Waals surface area contributed by atoms with Crippen molar-refractivity contribution in [1.82, 2.24) is 9.29 Å². The van der Waals surface area contributed by atoms with E-state index in [1.165, 1.54) is 20.2 Å². The second kappa shape index (κ2) is 7.51. The third kappa shape index (κ3) is 4.17. The standard InChI is InChI=1S/C16H19BrN4O3S/c1-20(2)15-13(6-5-9-18-15)19-16(22)11-7-8-12(17)14(10-11)25(23,24)21(3)4/h5-10H,1-4H3,(H,19,22). The van der Waals surface area contributed by atoms with Crippen LogP contribution in [0.4, 0.5) is 11.5 Å². The summed E-state index contributed by atoms with van der Waals surface area (Å²) in [6, 6.07) is 7.89. The first-order valence-corrected chi connectivity index (χ1v) is 9.53. The van der Waals surface area contributed by atoms with Gasteiger partial charge in [0, 0.05) is 44.4 Å². The lowest BCUT2D eigenvalue weighted by Gasteiger charge is -2.17. The Morgan fingerprint density at radius 1 is 1.16 bits per heavy atom. The summed E-state index contributed by atoms with van der Waals surface area (Å²) < 4.78 is 26.2. The minimum atomic E-state index is -3.67. The van der Waals surface area contributed by atoms with E-state index < -0.39 is 15.9 Å². The van der Waals surface area contributed by atoms with Crippen molar-refractivity contribution in [3.63, 3.8) is 0 Å². The highest BCUT2D eigenvalue weighted by Gasteiger charge is 2.22. The molecule has 0 aliphatic carbocycles. The number of nitrogens with zero attached hydrogens (tertiary/aromatic N) is 3. The number of rotatable bonds is 5. The molecule has 0 spiro atoms. The molecule has 0 radical (unpaired) electrons. The summed E-state index contributed by atoms with van der Waals surface area (Å²) in [5.74, 6) is 0.188. The average molecular weight is 427 g/mol. The van der Waals surface area contributed by atoms with Gasteiger partial charge in [0.05, 0.1) is 10.6 Å². The molecule has 7 nitrogen and oxygen atoms in total. The van der Waals surface area contributed by atoms with Gasteiger partial charge in [0.15, 0.2) is 5.82 Å². The van der Waals surface area contributed by atoms with E-state index in [9.17, 15) is 13.2 Å². The Kier molecular flexibility index (Phi) is 5.81. The first kappa shape index (κ1) is 19.4. The number of aromatic nitrogens is 1. The van der Waals surface area contributed by atoms with Crippen LogP contribution in [0.5, 0.6) is 0 Å². The van der Waals surface area contributed by atoms with Crippen LogP contribution >= 0.6 is 15.9 Å². The number of sulfonamides is 1. The van der Waals surface area contributed by atoms with Crippen molar-refractivity contribution < 1.29 is 13.2 Å². The summed E-state index contributed by atoms with van der Waals surface area (Å²) in [6.07, 6.45) is 1.63. The number of hydrogen-bond acceptors (Lipinski definition) is 5. The van der Waals surface area contributed by atoms with Crippen LogP contribution in [0, 0.1) is 0 Å². The van der Waals surface area contributed by atoms with Gasteiger partial charge in [-0.05, 0) is 46.3 Å². The van der Waals surface area contributed by atoms with Gasteiger partial charge < -0.3 is 10.2 Å². The van der Waals surface area contributed by atoms with Crippen LogP contribution in [0.15, 0.2) is 45.9 Å². The minimum absolute atomic E-state index is 0.0316. The van der Waals surface area contributed by atoms with Gasteiger partial charge in [-0.25, -0.2) is 17.7 Å². The van der Waals surface area contributed by atoms with E-state index in [0.717, 1.165) is 4.31 Å². The first-order valence-electron chi connectivity index (χ1n) is 7.30. The first-order chi connectivity index (χ1) is 11.6. The maximum atomic E-state index is 12.6. The van der Waals surface area contributed by atoms with Crippen LogP contribution in [0.1, 0.15) is 10.4 Å². The summed E-state index contributed by atoms with van der Waals surface area (Å²) in [5, 5.41) is 2.77. The monoisotopic (exact) mass is 426 g/mol. The molecule has 9 heteroatoms. The van der Waals surface area contributed by atoms with Crippen LogP contribution in [0.2, 0.25) is 0 Å². The maximum absolute atomic E-state index is 12.6. The smallest absolute Gasteiger partial charge is 0.255 e. The molecule has 134 valence electrons. The Bertz CT molecular complexity index is 898. The fourth-order valence-electron chi connectivity index (χ4n) is 2.08. The molecule has 0 atom stereocenters. The molecular weight excluding hydrogens is 408 g/mol. The van der Waals surface area contributed by atoms with Crippen molar-refractivity contribution in [2.45, 2.75) is 4.90 Å². The molecule has 1 aromatic carbocycles. The SMILES string of the molecule is CN(C)c1ncccc1NC(=O)c1ccc(Br)c(S(=O)(=O)N(C)C)c1. The zero-order valence-corrected chi connectivity index (χ0v) is 16.7. The third-order valence-corrected chi connectivity index (χ3v) is 6.22. The lowest BCUT2D eigenvalue weighted by Crippen LogP contribution is -2.23. The van der Waals surface area contributed by atoms with E-state index in [-0.39, 0.29) is 10.5 Å². The van der Waals surface area contributed by atoms with Crippen molar-refractivity contribution in [3.8, 4) is 0 Å². The van der Waals surface area contributed by atoms with Gasteiger partial charge in [-0.3, -0.25) is 4.79 Å². The molecule has 0 bridgehead atoms. The van der Waals surface area contributed by atoms with Crippen LogP contribution in [0.3, 0.4) is 0 Å². The Morgan fingerprint density at radius 3 is 2.44 bits per heavy atom. The van der Waals surface area contributed by atoms with Crippen molar-refractivity contribution in [2.24, 2.45) is 0 Å². The highest BCUT2D eigenvalue weighted by Crippen LogP contribution is 2.26. The highest BCUT2D eigenvalue weighted by molar-refractivity contribution is 9.10. The average Bonchev–Trinajstić information content (AvgIpc) is 2.55. The Labute approximate surface area is 155 Å². The molecule has 0 aliphatic heterocycles. The van der Waals surface area contributed by atoms with Crippen molar-refractivity contribution in [1.29, 1.82) is 0 Å². The molecule has 1 N–H and O–H groups in total. The van der Waals surface area contributed by atoms with Crippen molar-refractivity contribution >= 4 is 43.4 Å². The van der Waals surface area contributed by atoms with Gasteiger partial charge in [-0.2, -0.15) is 0 Å². The van der Waals surface area contributed by atoms with E-state index in [1.54, 1.807) is 35.4 Å². The van der Waals surface area contributed by atoms with E-state index in [1.807, 2.05) is 14.1 Å².